The van der Waals surface area contributed by atoms with Gasteiger partial charge in [0.25, 0.3) is 0 Å². The minimum Gasteiger partial charge on any atom is -0.481 e. The van der Waals surface area contributed by atoms with Gasteiger partial charge >= 0.3 is 17.9 Å². The molecule has 19 heteroatoms. The van der Waals surface area contributed by atoms with Crippen molar-refractivity contribution < 1.29 is 29.0 Å². The number of likely N-dealkylation sites (N-methyl/N-ethyl adjacent to an activating group) is 9. The van der Waals surface area contributed by atoms with Gasteiger partial charge < -0.3 is 59.1 Å². The number of ether oxygens (including phenoxy) is 2. The lowest BCUT2D eigenvalue weighted by Crippen LogP contribution is -2.41. The Morgan fingerprint density at radius 1 is 0.449 bits per heavy atom. The fraction of sp³-hybridized carbons (Fsp3) is 0.900. The molecule has 416 valence electrons. The predicted octanol–water partition coefficient (Wildman–Crippen LogP) is 2.46. The molecule has 0 heterocycles. The SMILES string of the molecule is C=CC(=O)OC(C)(C)C.CN(C)CCN(CCN(C)C)CCN(C)CCC(=O)O.CN(C)CCN(CCN(C)C)CCN(C)CCC(=O)OC(C)(C)C.CNCCN(CCN(C)C)CCN(C)C.Cl. The van der Waals surface area contributed by atoms with Crippen LogP contribution in [0.3, 0.4) is 0 Å². The van der Waals surface area contributed by atoms with Gasteiger partial charge in [-0.15, -0.1) is 12.4 Å². The van der Waals surface area contributed by atoms with Gasteiger partial charge in [-0.2, -0.15) is 0 Å². The number of esters is 2. The van der Waals surface area contributed by atoms with E-state index in [2.05, 4.69) is 157 Å². The Morgan fingerprint density at radius 2 is 0.725 bits per heavy atom. The number of hydrogen-bond acceptors (Lipinski definition) is 17. The fourth-order valence-electron chi connectivity index (χ4n) is 5.48. The number of carboxylic acid groups (broad SMARTS) is 1. The van der Waals surface area contributed by atoms with Gasteiger partial charge in [0, 0.05) is 137 Å². The van der Waals surface area contributed by atoms with Crippen LogP contribution in [0.25, 0.3) is 0 Å². The minimum absolute atomic E-state index is 0. The summed E-state index contributed by atoms with van der Waals surface area (Å²) in [6, 6.07) is 0. The number of carbonyl (C=O) groups is 3. The van der Waals surface area contributed by atoms with Gasteiger partial charge in [0.05, 0.1) is 12.8 Å². The number of carbonyl (C=O) groups excluding carboxylic acids is 2. The lowest BCUT2D eigenvalue weighted by Gasteiger charge is -2.28. The molecular formula is C50H113ClN12O6. The van der Waals surface area contributed by atoms with Gasteiger partial charge in [-0.3, -0.25) is 24.3 Å². The normalized spacial score (nSPS) is 11.9. The number of hydrogen-bond donors (Lipinski definition) is 2. The summed E-state index contributed by atoms with van der Waals surface area (Å²) in [4.78, 5) is 57.9. The zero-order valence-corrected chi connectivity index (χ0v) is 49.5. The van der Waals surface area contributed by atoms with Crippen LogP contribution in [0.15, 0.2) is 12.7 Å². The van der Waals surface area contributed by atoms with E-state index in [1.165, 1.54) is 0 Å². The molecule has 2 N–H and O–H groups in total. The second-order valence-corrected chi connectivity index (χ2v) is 21.3. The zero-order valence-electron chi connectivity index (χ0n) is 48.7. The molecule has 0 fully saturated rings. The van der Waals surface area contributed by atoms with Crippen molar-refractivity contribution >= 4 is 30.3 Å². The first-order valence-electron chi connectivity index (χ1n) is 24.7. The third kappa shape index (κ3) is 66.0. The Balaban J connectivity index is -0.000000276. The molecule has 69 heavy (non-hydrogen) atoms. The molecule has 0 aliphatic heterocycles. The van der Waals surface area contributed by atoms with Gasteiger partial charge in [-0.25, -0.2) is 4.79 Å². The summed E-state index contributed by atoms with van der Waals surface area (Å²) in [5.41, 5.74) is -0.796. The maximum Gasteiger partial charge on any atom is 0.330 e. The van der Waals surface area contributed by atoms with Crippen LogP contribution in [-0.2, 0) is 23.9 Å². The highest BCUT2D eigenvalue weighted by Gasteiger charge is 2.17. The van der Waals surface area contributed by atoms with Crippen molar-refractivity contribution in [3.05, 3.63) is 12.7 Å². The smallest absolute Gasteiger partial charge is 0.330 e. The molecule has 0 atom stereocenters. The highest BCUT2D eigenvalue weighted by Crippen LogP contribution is 2.09. The standard InChI is InChI=1S/C18H40N4O2.C14H32N4O2.C11H28N4.C7H12O2.ClH/c1-18(2,3)24-17(23)9-10-21(8)13-16-22(14-11-19(4)5)15-12-20(6)7;1-15(2)8-11-18(12-9-16(3)4)13-10-17(5)7-6-14(19)20;1-12-6-7-15(10-8-13(2)3)11-9-14(4)5;1-5-6(8)9-7(2,3)4;/h9-16H2,1-8H3;6-13H2,1-5H3,(H,19,20);12H,6-11H2,1-5H3;5H,1H2,2-4H3;1H. The minimum atomic E-state index is -0.728. The first-order chi connectivity index (χ1) is 31.3. The van der Waals surface area contributed by atoms with Crippen molar-refractivity contribution in [2.75, 3.05) is 237 Å². The van der Waals surface area contributed by atoms with Crippen molar-refractivity contribution in [3.63, 3.8) is 0 Å². The first kappa shape index (κ1) is 75.9. The highest BCUT2D eigenvalue weighted by molar-refractivity contribution is 5.85. The molecule has 0 spiro atoms. The molecule has 0 amide bonds. The van der Waals surface area contributed by atoms with E-state index < -0.39 is 17.2 Å². The van der Waals surface area contributed by atoms with Crippen LogP contribution in [0.1, 0.15) is 54.4 Å². The molecule has 0 saturated heterocycles. The van der Waals surface area contributed by atoms with E-state index in [0.717, 1.165) is 130 Å². The summed E-state index contributed by atoms with van der Waals surface area (Å²) in [6.07, 6.45) is 1.82. The number of halogens is 1. The molecule has 0 bridgehead atoms. The van der Waals surface area contributed by atoms with E-state index in [1.54, 1.807) is 0 Å². The van der Waals surface area contributed by atoms with Crippen LogP contribution in [0, 0.1) is 0 Å². The molecule has 0 radical (unpaired) electrons. The average Bonchev–Trinajstić information content (AvgIpc) is 3.20. The van der Waals surface area contributed by atoms with Crippen LogP contribution in [0.4, 0.5) is 0 Å². The van der Waals surface area contributed by atoms with Crippen molar-refractivity contribution in [1.82, 2.24) is 59.2 Å². The Labute approximate surface area is 432 Å². The summed E-state index contributed by atoms with van der Waals surface area (Å²) in [5.74, 6) is -1.22. The Hall–Kier alpha value is -2.04. The summed E-state index contributed by atoms with van der Waals surface area (Å²) in [6.45, 7) is 34.9. The second kappa shape index (κ2) is 45.8. The lowest BCUT2D eigenvalue weighted by molar-refractivity contribution is -0.155. The molecule has 0 saturated carbocycles. The van der Waals surface area contributed by atoms with Crippen LogP contribution in [0.2, 0.25) is 0 Å². The number of nitrogens with one attached hydrogen (secondary N) is 1. The number of carboxylic acids is 1. The van der Waals surface area contributed by atoms with Gasteiger partial charge in [-0.05, 0) is 147 Å². The molecule has 0 aliphatic rings. The Morgan fingerprint density at radius 3 is 0.957 bits per heavy atom. The summed E-state index contributed by atoms with van der Waals surface area (Å²) < 4.78 is 10.2. The molecule has 0 unspecified atom stereocenters. The molecular weight excluding hydrogens is 900 g/mol. The lowest BCUT2D eigenvalue weighted by atomic mass is 10.2. The van der Waals surface area contributed by atoms with Gasteiger partial charge in [0.2, 0.25) is 0 Å². The number of rotatable bonds is 34. The van der Waals surface area contributed by atoms with Crippen molar-refractivity contribution in [1.29, 1.82) is 0 Å². The van der Waals surface area contributed by atoms with Crippen LogP contribution >= 0.6 is 12.4 Å². The summed E-state index contributed by atoms with van der Waals surface area (Å²) >= 11 is 0. The molecule has 18 nitrogen and oxygen atoms in total. The van der Waals surface area contributed by atoms with Crippen molar-refractivity contribution in [2.45, 2.75) is 65.6 Å². The first-order valence-corrected chi connectivity index (χ1v) is 24.7. The van der Waals surface area contributed by atoms with E-state index in [4.69, 9.17) is 14.6 Å². The van der Waals surface area contributed by atoms with Crippen LogP contribution < -0.4 is 5.32 Å². The van der Waals surface area contributed by atoms with E-state index in [9.17, 15) is 14.4 Å². The van der Waals surface area contributed by atoms with E-state index in [0.29, 0.717) is 13.0 Å². The van der Waals surface area contributed by atoms with Crippen LogP contribution in [0.5, 0.6) is 0 Å². The van der Waals surface area contributed by atoms with Gasteiger partial charge in [0.15, 0.2) is 0 Å². The topological polar surface area (TPSA) is 138 Å². The number of aliphatic carboxylic acids is 1. The third-order valence-electron chi connectivity index (χ3n) is 9.85. The third-order valence-corrected chi connectivity index (χ3v) is 9.85. The van der Waals surface area contributed by atoms with Gasteiger partial charge in [0.1, 0.15) is 11.2 Å². The second-order valence-electron chi connectivity index (χ2n) is 21.3. The highest BCUT2D eigenvalue weighted by atomic mass is 35.5. The molecule has 0 aromatic heterocycles. The van der Waals surface area contributed by atoms with Crippen molar-refractivity contribution in [3.8, 4) is 0 Å². The largest absolute Gasteiger partial charge is 0.481 e. The van der Waals surface area contributed by atoms with E-state index in [-0.39, 0.29) is 30.8 Å². The number of nitrogens with zero attached hydrogens (tertiary/aromatic N) is 11. The van der Waals surface area contributed by atoms with Crippen LogP contribution in [-0.4, -0.2) is 325 Å². The monoisotopic (exact) mass is 1010 g/mol. The maximum atomic E-state index is 11.8. The maximum absolute atomic E-state index is 11.8. The average molecular weight is 1010 g/mol. The summed E-state index contributed by atoms with van der Waals surface area (Å²) in [7, 11) is 31.4. The van der Waals surface area contributed by atoms with Gasteiger partial charge in [-0.1, -0.05) is 6.58 Å². The Kier molecular flexibility index (Phi) is 50.4. The predicted molar refractivity (Wildman–Crippen MR) is 296 cm³/mol. The van der Waals surface area contributed by atoms with E-state index >= 15 is 0 Å². The van der Waals surface area contributed by atoms with E-state index in [1.807, 2.05) is 55.6 Å². The Bertz CT molecular complexity index is 1180. The summed E-state index contributed by atoms with van der Waals surface area (Å²) in [5, 5.41) is 11.9. The molecule has 0 aromatic carbocycles. The quantitative estimate of drug-likeness (QED) is 0.0721. The molecule has 0 aromatic rings. The molecule has 0 aliphatic carbocycles. The van der Waals surface area contributed by atoms with Crippen molar-refractivity contribution in [2.24, 2.45) is 0 Å². The molecule has 0 rings (SSSR count). The fourth-order valence-corrected chi connectivity index (χ4v) is 5.48. The zero-order chi connectivity index (χ0) is 53.5.